The second kappa shape index (κ2) is 6.48. The van der Waals surface area contributed by atoms with Crippen molar-refractivity contribution < 1.29 is 13.9 Å². The van der Waals surface area contributed by atoms with E-state index in [0.29, 0.717) is 10.0 Å². The van der Waals surface area contributed by atoms with Gasteiger partial charge >= 0.3 is 5.97 Å². The minimum Gasteiger partial charge on any atom is -0.461 e. The van der Waals surface area contributed by atoms with Crippen LogP contribution >= 0.6 is 15.9 Å². The average Bonchev–Trinajstić information content (AvgIpc) is 2.42. The van der Waals surface area contributed by atoms with Crippen LogP contribution < -0.4 is 0 Å². The zero-order valence-electron chi connectivity index (χ0n) is 10.1. The molecule has 4 heteroatoms. The summed E-state index contributed by atoms with van der Waals surface area (Å²) in [7, 11) is 0. The third-order valence-electron chi connectivity index (χ3n) is 2.59. The molecule has 0 aromatic heterocycles. The Kier molecular flexibility index (Phi) is 4.68. The van der Waals surface area contributed by atoms with Crippen molar-refractivity contribution in [3.63, 3.8) is 0 Å². The Labute approximate surface area is 119 Å². The third-order valence-corrected chi connectivity index (χ3v) is 3.36. The Morgan fingerprint density at radius 2 is 1.89 bits per heavy atom. The van der Waals surface area contributed by atoms with Crippen molar-refractivity contribution in [2.45, 2.75) is 13.0 Å². The fourth-order valence-electron chi connectivity index (χ4n) is 1.62. The number of carbonyl (C=O) groups excluding carboxylic acids is 1. The summed E-state index contributed by atoms with van der Waals surface area (Å²) in [5.41, 5.74) is 1.51. The van der Waals surface area contributed by atoms with E-state index in [-0.39, 0.29) is 24.8 Å². The first-order valence-electron chi connectivity index (χ1n) is 5.78. The normalized spacial score (nSPS) is 10.2. The van der Waals surface area contributed by atoms with E-state index in [9.17, 15) is 9.18 Å². The highest BCUT2D eigenvalue weighted by Gasteiger charge is 2.09. The van der Waals surface area contributed by atoms with Gasteiger partial charge in [0, 0.05) is 4.47 Å². The summed E-state index contributed by atoms with van der Waals surface area (Å²) >= 11 is 3.28. The van der Waals surface area contributed by atoms with Gasteiger partial charge in [0.2, 0.25) is 0 Å². The number of ether oxygens (including phenoxy) is 1. The SMILES string of the molecule is O=C(Cc1cc(F)ccc1Br)OCc1ccccc1. The predicted molar refractivity (Wildman–Crippen MR) is 74.0 cm³/mol. The van der Waals surface area contributed by atoms with Crippen LogP contribution in [0.25, 0.3) is 0 Å². The van der Waals surface area contributed by atoms with Crippen LogP contribution in [0.15, 0.2) is 53.0 Å². The lowest BCUT2D eigenvalue weighted by Crippen LogP contribution is -2.08. The molecule has 0 saturated heterocycles. The summed E-state index contributed by atoms with van der Waals surface area (Å²) in [6.07, 6.45) is 0.0468. The molecule has 0 N–H and O–H groups in total. The monoisotopic (exact) mass is 322 g/mol. The lowest BCUT2D eigenvalue weighted by Gasteiger charge is -2.06. The molecule has 0 atom stereocenters. The molecule has 0 amide bonds. The van der Waals surface area contributed by atoms with Crippen molar-refractivity contribution in [1.82, 2.24) is 0 Å². The van der Waals surface area contributed by atoms with Gasteiger partial charge in [-0.25, -0.2) is 4.39 Å². The Hall–Kier alpha value is -1.68. The number of hydrogen-bond acceptors (Lipinski definition) is 2. The molecule has 0 aliphatic heterocycles. The van der Waals surface area contributed by atoms with Gasteiger partial charge in [-0.2, -0.15) is 0 Å². The molecule has 2 aromatic carbocycles. The first kappa shape index (κ1) is 13.7. The van der Waals surface area contributed by atoms with Crippen molar-refractivity contribution in [3.8, 4) is 0 Å². The molecule has 2 nitrogen and oxygen atoms in total. The van der Waals surface area contributed by atoms with Crippen LogP contribution in [0.5, 0.6) is 0 Å². The van der Waals surface area contributed by atoms with E-state index in [1.54, 1.807) is 6.07 Å². The number of rotatable bonds is 4. The van der Waals surface area contributed by atoms with Gasteiger partial charge in [-0.3, -0.25) is 4.79 Å². The van der Waals surface area contributed by atoms with E-state index in [4.69, 9.17) is 4.74 Å². The smallest absolute Gasteiger partial charge is 0.310 e. The van der Waals surface area contributed by atoms with Crippen molar-refractivity contribution >= 4 is 21.9 Å². The molecular weight excluding hydrogens is 311 g/mol. The molecule has 0 radical (unpaired) electrons. The maximum absolute atomic E-state index is 13.1. The van der Waals surface area contributed by atoms with E-state index in [0.717, 1.165) is 5.56 Å². The van der Waals surface area contributed by atoms with Gasteiger partial charge in [-0.15, -0.1) is 0 Å². The Morgan fingerprint density at radius 1 is 1.16 bits per heavy atom. The van der Waals surface area contributed by atoms with Crippen LogP contribution in [0.3, 0.4) is 0 Å². The van der Waals surface area contributed by atoms with E-state index in [2.05, 4.69) is 15.9 Å². The van der Waals surface area contributed by atoms with Crippen molar-refractivity contribution in [1.29, 1.82) is 0 Å². The molecule has 2 aromatic rings. The zero-order chi connectivity index (χ0) is 13.7. The first-order valence-corrected chi connectivity index (χ1v) is 6.58. The van der Waals surface area contributed by atoms with Crippen LogP contribution in [0.1, 0.15) is 11.1 Å². The lowest BCUT2D eigenvalue weighted by atomic mass is 10.1. The largest absolute Gasteiger partial charge is 0.461 e. The van der Waals surface area contributed by atoms with Crippen LogP contribution in [0, 0.1) is 5.82 Å². The van der Waals surface area contributed by atoms with E-state index >= 15 is 0 Å². The second-order valence-corrected chi connectivity index (χ2v) is 4.91. The van der Waals surface area contributed by atoms with Crippen LogP contribution in [0.4, 0.5) is 4.39 Å². The number of benzene rings is 2. The van der Waals surface area contributed by atoms with Crippen molar-refractivity contribution in [3.05, 3.63) is 69.9 Å². The summed E-state index contributed by atoms with van der Waals surface area (Å²) < 4.78 is 18.9. The molecule has 98 valence electrons. The van der Waals surface area contributed by atoms with Gasteiger partial charge in [-0.1, -0.05) is 46.3 Å². The van der Waals surface area contributed by atoms with Crippen LogP contribution in [-0.2, 0) is 22.6 Å². The summed E-state index contributed by atoms with van der Waals surface area (Å²) in [5, 5.41) is 0. The third kappa shape index (κ3) is 4.17. The molecule has 0 spiro atoms. The second-order valence-electron chi connectivity index (χ2n) is 4.06. The Balaban J connectivity index is 1.93. The van der Waals surface area contributed by atoms with E-state index < -0.39 is 0 Å². The number of halogens is 2. The molecule has 0 unspecified atom stereocenters. The van der Waals surface area contributed by atoms with E-state index in [1.807, 2.05) is 30.3 Å². The fourth-order valence-corrected chi connectivity index (χ4v) is 2.01. The molecule has 0 aliphatic carbocycles. The standard InChI is InChI=1S/C15H12BrFO2/c16-14-7-6-13(17)8-12(14)9-15(18)19-10-11-4-2-1-3-5-11/h1-8H,9-10H2. The zero-order valence-corrected chi connectivity index (χ0v) is 11.7. The molecule has 19 heavy (non-hydrogen) atoms. The molecule has 0 heterocycles. The molecule has 0 fully saturated rings. The van der Waals surface area contributed by atoms with Gasteiger partial charge in [0.25, 0.3) is 0 Å². The van der Waals surface area contributed by atoms with Crippen LogP contribution in [-0.4, -0.2) is 5.97 Å². The number of hydrogen-bond donors (Lipinski definition) is 0. The summed E-state index contributed by atoms with van der Waals surface area (Å²) in [4.78, 5) is 11.7. The summed E-state index contributed by atoms with van der Waals surface area (Å²) in [6.45, 7) is 0.229. The van der Waals surface area contributed by atoms with Crippen LogP contribution in [0.2, 0.25) is 0 Å². The topological polar surface area (TPSA) is 26.3 Å². The van der Waals surface area contributed by atoms with E-state index in [1.165, 1.54) is 12.1 Å². The minimum atomic E-state index is -0.379. The van der Waals surface area contributed by atoms with Crippen molar-refractivity contribution in [2.24, 2.45) is 0 Å². The Morgan fingerprint density at radius 3 is 2.63 bits per heavy atom. The quantitative estimate of drug-likeness (QED) is 0.799. The van der Waals surface area contributed by atoms with Gasteiger partial charge < -0.3 is 4.74 Å². The fraction of sp³-hybridized carbons (Fsp3) is 0.133. The van der Waals surface area contributed by atoms with Gasteiger partial charge in [0.1, 0.15) is 12.4 Å². The minimum absolute atomic E-state index is 0.0468. The molecule has 2 rings (SSSR count). The molecule has 0 bridgehead atoms. The molecular formula is C15H12BrFO2. The van der Waals surface area contributed by atoms with Gasteiger partial charge in [0.05, 0.1) is 6.42 Å². The summed E-state index contributed by atoms with van der Waals surface area (Å²) in [5.74, 6) is -0.746. The highest BCUT2D eigenvalue weighted by atomic mass is 79.9. The molecule has 0 aliphatic rings. The maximum atomic E-state index is 13.1. The van der Waals surface area contributed by atoms with Gasteiger partial charge in [0.15, 0.2) is 0 Å². The summed E-state index contributed by atoms with van der Waals surface area (Å²) in [6, 6.07) is 13.7. The number of esters is 1. The average molecular weight is 323 g/mol. The first-order chi connectivity index (χ1) is 9.15. The lowest BCUT2D eigenvalue weighted by molar-refractivity contribution is -0.144. The van der Waals surface area contributed by atoms with Crippen molar-refractivity contribution in [2.75, 3.05) is 0 Å². The predicted octanol–water partition coefficient (Wildman–Crippen LogP) is 3.87. The maximum Gasteiger partial charge on any atom is 0.310 e. The van der Waals surface area contributed by atoms with Gasteiger partial charge in [-0.05, 0) is 29.3 Å². The highest BCUT2D eigenvalue weighted by molar-refractivity contribution is 9.10. The molecule has 0 saturated carbocycles. The Bertz CT molecular complexity index is 570. The number of carbonyl (C=O) groups is 1. The highest BCUT2D eigenvalue weighted by Crippen LogP contribution is 2.18.